The molecule has 5 aromatic carbocycles. The molecule has 0 spiro atoms. The van der Waals surface area contributed by atoms with Crippen LogP contribution in [0.4, 0.5) is 0 Å². The smallest absolute Gasteiger partial charge is 0.343 e. The van der Waals surface area contributed by atoms with Crippen LogP contribution in [0.2, 0.25) is 0 Å². The van der Waals surface area contributed by atoms with Gasteiger partial charge in [0.15, 0.2) is 0 Å². The van der Waals surface area contributed by atoms with Gasteiger partial charge in [0.2, 0.25) is 0 Å². The third kappa shape index (κ3) is 9.97. The fraction of sp³-hybridized carbons (Fsp3) is 0.407. The Morgan fingerprint density at radius 2 is 0.733 bits per heavy atom. The average molecular weight is 811 g/mol. The van der Waals surface area contributed by atoms with Gasteiger partial charge >= 0.3 is 11.9 Å². The van der Waals surface area contributed by atoms with E-state index in [1.54, 1.807) is 36.4 Å². The molecule has 0 fully saturated rings. The van der Waals surface area contributed by atoms with E-state index in [1.165, 1.54) is 0 Å². The van der Waals surface area contributed by atoms with Crippen LogP contribution in [-0.4, -0.2) is 22.2 Å². The third-order valence-corrected chi connectivity index (χ3v) is 11.2. The molecule has 2 unspecified atom stereocenters. The highest BCUT2D eigenvalue weighted by Gasteiger charge is 2.38. The highest BCUT2D eigenvalue weighted by atomic mass is 16.5. The molecule has 0 saturated carbocycles. The van der Waals surface area contributed by atoms with Crippen LogP contribution in [-0.2, 0) is 10.8 Å². The van der Waals surface area contributed by atoms with Gasteiger partial charge in [0, 0.05) is 45.2 Å². The number of rotatable bonds is 8. The van der Waals surface area contributed by atoms with E-state index in [0.29, 0.717) is 11.5 Å². The van der Waals surface area contributed by atoms with Crippen molar-refractivity contribution in [3.63, 3.8) is 0 Å². The number of aromatic hydroxyl groups is 2. The van der Waals surface area contributed by atoms with E-state index < -0.39 is 11.9 Å². The summed E-state index contributed by atoms with van der Waals surface area (Å²) >= 11 is 0. The molecule has 0 aliphatic carbocycles. The van der Waals surface area contributed by atoms with Crippen LogP contribution >= 0.6 is 0 Å². The molecule has 6 nitrogen and oxygen atoms in total. The lowest BCUT2D eigenvalue weighted by molar-refractivity contribution is 0.0714. The quantitative estimate of drug-likeness (QED) is 0.120. The van der Waals surface area contributed by atoms with E-state index in [4.69, 9.17) is 9.47 Å². The lowest BCUT2D eigenvalue weighted by Gasteiger charge is -2.35. The Labute approximate surface area is 359 Å². The Hall–Kier alpha value is -5.36. The minimum atomic E-state index is -0.562. The van der Waals surface area contributed by atoms with Crippen LogP contribution in [0.5, 0.6) is 23.0 Å². The first-order valence-electron chi connectivity index (χ1n) is 21.0. The zero-order valence-corrected chi connectivity index (χ0v) is 38.8. The molecule has 0 amide bonds. The molecule has 5 aromatic rings. The summed E-state index contributed by atoms with van der Waals surface area (Å²) in [6.07, 6.45) is 0. The van der Waals surface area contributed by atoms with Crippen molar-refractivity contribution >= 4 is 11.9 Å². The number of aryl methyl sites for hydroxylation is 4. The Morgan fingerprint density at radius 3 is 1.02 bits per heavy atom. The number of ether oxygens (including phenoxy) is 2. The lowest BCUT2D eigenvalue weighted by atomic mass is 9.70. The van der Waals surface area contributed by atoms with Gasteiger partial charge in [0.1, 0.15) is 23.0 Å². The van der Waals surface area contributed by atoms with Gasteiger partial charge in [-0.05, 0) is 85.8 Å². The topological polar surface area (TPSA) is 93.1 Å². The zero-order chi connectivity index (χ0) is 44.9. The van der Waals surface area contributed by atoms with Gasteiger partial charge in [-0.3, -0.25) is 0 Å². The van der Waals surface area contributed by atoms with E-state index in [9.17, 15) is 19.8 Å². The van der Waals surface area contributed by atoms with Gasteiger partial charge in [0.25, 0.3) is 0 Å². The average Bonchev–Trinajstić information content (AvgIpc) is 3.11. The van der Waals surface area contributed by atoms with E-state index >= 15 is 0 Å². The fourth-order valence-electron chi connectivity index (χ4n) is 8.43. The largest absolute Gasteiger partial charge is 0.508 e. The molecule has 5 rings (SSSR count). The van der Waals surface area contributed by atoms with E-state index in [0.717, 1.165) is 55.6 Å². The molecule has 318 valence electrons. The van der Waals surface area contributed by atoms with Crippen molar-refractivity contribution < 1.29 is 29.3 Å². The van der Waals surface area contributed by atoms with Crippen molar-refractivity contribution in [1.29, 1.82) is 0 Å². The van der Waals surface area contributed by atoms with Gasteiger partial charge in [-0.15, -0.1) is 0 Å². The number of esters is 2. The summed E-state index contributed by atoms with van der Waals surface area (Å²) in [7, 11) is 0. The van der Waals surface area contributed by atoms with Gasteiger partial charge in [-0.2, -0.15) is 0 Å². The second kappa shape index (κ2) is 16.6. The summed E-state index contributed by atoms with van der Waals surface area (Å²) < 4.78 is 12.9. The molecule has 60 heavy (non-hydrogen) atoms. The standard InChI is InChI=1S/C54H66O6/c1-31-17-23-43(55)37(25-31)45(53(11,12)13)39-27-33(3)29-41(51(5,6)7)47(39)59-49(57)35-19-21-36(22-20-35)50(58)60-48-40(28-34(4)30-42(48)52(8,9)10)46(54(14,15)16)38-26-32(2)18-24-44(38)56/h17-30,45-46,55-56H,1-16H3. The first-order valence-corrected chi connectivity index (χ1v) is 21.0. The van der Waals surface area contributed by atoms with Crippen molar-refractivity contribution in [2.24, 2.45) is 10.8 Å². The molecular formula is C54H66O6. The van der Waals surface area contributed by atoms with Crippen LogP contribution in [0.15, 0.2) is 84.9 Å². The maximum atomic E-state index is 14.2. The van der Waals surface area contributed by atoms with Gasteiger partial charge in [-0.25, -0.2) is 9.59 Å². The molecule has 2 atom stereocenters. The Kier molecular flexibility index (Phi) is 12.6. The number of carbonyl (C=O) groups is 2. The lowest BCUT2D eigenvalue weighted by Crippen LogP contribution is -2.25. The van der Waals surface area contributed by atoms with Gasteiger partial charge in [-0.1, -0.05) is 154 Å². The molecule has 6 heteroatoms. The summed E-state index contributed by atoms with van der Waals surface area (Å²) in [5.74, 6) is -0.426. The van der Waals surface area contributed by atoms with Crippen LogP contribution in [0.25, 0.3) is 0 Å². The number of hydrogen-bond donors (Lipinski definition) is 2. The molecule has 0 aliphatic rings. The van der Waals surface area contributed by atoms with Crippen LogP contribution in [0.1, 0.15) is 171 Å². The van der Waals surface area contributed by atoms with Gasteiger partial charge in [0.05, 0.1) is 11.1 Å². The summed E-state index contributed by atoms with van der Waals surface area (Å²) in [6, 6.07) is 25.9. The molecule has 0 heterocycles. The van der Waals surface area contributed by atoms with Crippen molar-refractivity contribution in [1.82, 2.24) is 0 Å². The molecule has 0 aliphatic heterocycles. The number of carbonyl (C=O) groups excluding carboxylic acids is 2. The zero-order valence-electron chi connectivity index (χ0n) is 38.8. The predicted octanol–water partition coefficient (Wildman–Crippen LogP) is 13.7. The predicted molar refractivity (Wildman–Crippen MR) is 244 cm³/mol. The Morgan fingerprint density at radius 1 is 0.433 bits per heavy atom. The normalized spacial score (nSPS) is 13.5. The second-order valence-electron chi connectivity index (χ2n) is 21.0. The summed E-state index contributed by atoms with van der Waals surface area (Å²) in [4.78, 5) is 28.4. The highest BCUT2D eigenvalue weighted by Crippen LogP contribution is 2.51. The molecule has 0 aromatic heterocycles. The third-order valence-electron chi connectivity index (χ3n) is 11.2. The molecule has 2 N–H and O–H groups in total. The van der Waals surface area contributed by atoms with Crippen molar-refractivity contribution in [2.45, 2.75) is 133 Å². The van der Waals surface area contributed by atoms with Gasteiger partial charge < -0.3 is 19.7 Å². The Bertz CT molecular complexity index is 2240. The van der Waals surface area contributed by atoms with Crippen LogP contribution < -0.4 is 9.47 Å². The van der Waals surface area contributed by atoms with Crippen LogP contribution in [0, 0.1) is 38.5 Å². The molecule has 0 saturated heterocycles. The highest BCUT2D eigenvalue weighted by molar-refractivity contribution is 5.95. The van der Waals surface area contributed by atoms with E-state index in [-0.39, 0.29) is 56.1 Å². The van der Waals surface area contributed by atoms with Crippen molar-refractivity contribution in [3.05, 3.63) is 152 Å². The summed E-state index contributed by atoms with van der Waals surface area (Å²) in [6.45, 7) is 33.4. The summed E-state index contributed by atoms with van der Waals surface area (Å²) in [5, 5.41) is 22.4. The first kappa shape index (κ1) is 45.7. The molecule has 0 bridgehead atoms. The first-order chi connectivity index (χ1) is 27.6. The fourth-order valence-corrected chi connectivity index (χ4v) is 8.43. The Balaban J connectivity index is 1.56. The molecular weight excluding hydrogens is 745 g/mol. The van der Waals surface area contributed by atoms with Crippen molar-refractivity contribution in [3.8, 4) is 23.0 Å². The van der Waals surface area contributed by atoms with Crippen molar-refractivity contribution in [2.75, 3.05) is 0 Å². The number of benzene rings is 5. The maximum absolute atomic E-state index is 14.2. The minimum absolute atomic E-state index is 0.189. The minimum Gasteiger partial charge on any atom is -0.508 e. The number of phenolic OH excluding ortho intramolecular Hbond substituents is 2. The molecule has 0 radical (unpaired) electrons. The van der Waals surface area contributed by atoms with Crippen LogP contribution in [0.3, 0.4) is 0 Å². The number of hydrogen-bond acceptors (Lipinski definition) is 6. The SMILES string of the molecule is Cc1ccc(O)c(C(c2cc(C)cc(C(C)(C)C)c2OC(=O)c2ccc(C(=O)Oc3c(C(c4cc(C)ccc4O)C(C)(C)C)cc(C)cc3C(C)(C)C)cc2)C(C)(C)C)c1. The second-order valence-corrected chi connectivity index (χ2v) is 21.0. The number of phenols is 2. The maximum Gasteiger partial charge on any atom is 0.343 e. The van der Waals surface area contributed by atoms with E-state index in [1.807, 2.05) is 52.0 Å². The van der Waals surface area contributed by atoms with E-state index in [2.05, 4.69) is 107 Å². The monoisotopic (exact) mass is 810 g/mol. The summed E-state index contributed by atoms with van der Waals surface area (Å²) in [5.41, 5.74) is 8.06.